The Hall–Kier alpha value is -2.82. The molecule has 3 N–H and O–H groups in total. The van der Waals surface area contributed by atoms with Gasteiger partial charge in [-0.2, -0.15) is 0 Å². The van der Waals surface area contributed by atoms with Gasteiger partial charge in [0.25, 0.3) is 0 Å². The summed E-state index contributed by atoms with van der Waals surface area (Å²) in [5.41, 5.74) is 14.1. The molecule has 1 aliphatic heterocycles. The fourth-order valence-corrected chi connectivity index (χ4v) is 4.29. The molecule has 1 heterocycles. The first-order chi connectivity index (χ1) is 16.0. The van der Waals surface area contributed by atoms with Crippen LogP contribution in [0.5, 0.6) is 0 Å². The number of rotatable bonds is 9. The predicted octanol–water partition coefficient (Wildman–Crippen LogP) is 5.51. The fraction of sp³-hybridized carbons (Fsp3) is 0.379. The third-order valence-electron chi connectivity index (χ3n) is 6.30. The second-order valence-corrected chi connectivity index (χ2v) is 8.83. The van der Waals surface area contributed by atoms with E-state index in [0.29, 0.717) is 0 Å². The van der Waals surface area contributed by atoms with E-state index in [4.69, 9.17) is 5.73 Å². The highest BCUT2D eigenvalue weighted by molar-refractivity contribution is 5.85. The monoisotopic (exact) mass is 445 g/mol. The Kier molecular flexibility index (Phi) is 9.35. The highest BCUT2D eigenvalue weighted by atomic mass is 16.2. The zero-order valence-electron chi connectivity index (χ0n) is 20.4. The highest BCUT2D eigenvalue weighted by Gasteiger charge is 2.17. The van der Waals surface area contributed by atoms with Crippen LogP contribution in [0, 0.1) is 0 Å². The molecule has 0 unspecified atom stereocenters. The third kappa shape index (κ3) is 6.83. The van der Waals surface area contributed by atoms with Crippen LogP contribution in [0.3, 0.4) is 0 Å². The van der Waals surface area contributed by atoms with Crippen molar-refractivity contribution >= 4 is 16.9 Å². The van der Waals surface area contributed by atoms with Gasteiger partial charge in [0.2, 0.25) is 0 Å². The number of nitrogens with two attached hydrogens (primary N) is 1. The van der Waals surface area contributed by atoms with E-state index >= 15 is 0 Å². The molecule has 0 radical (unpaired) electrons. The third-order valence-corrected chi connectivity index (χ3v) is 6.30. The van der Waals surface area contributed by atoms with Gasteiger partial charge in [0.15, 0.2) is 0 Å². The van der Waals surface area contributed by atoms with Crippen LogP contribution in [0.4, 0.5) is 11.4 Å². The van der Waals surface area contributed by atoms with Gasteiger partial charge in [-0.3, -0.25) is 0 Å². The molecule has 0 saturated carbocycles. The van der Waals surface area contributed by atoms with E-state index in [-0.39, 0.29) is 6.61 Å². The molecule has 33 heavy (non-hydrogen) atoms. The summed E-state index contributed by atoms with van der Waals surface area (Å²) in [6, 6.07) is 17.1. The number of aliphatic hydroxyl groups excluding tert-OH is 1. The largest absolute Gasteiger partial charge is 0.399 e. The minimum Gasteiger partial charge on any atom is -0.399 e. The molecule has 1 aliphatic rings. The average Bonchev–Trinajstić information content (AvgIpc) is 2.83. The number of hydrogen-bond acceptors (Lipinski definition) is 4. The lowest BCUT2D eigenvalue weighted by Crippen LogP contribution is -2.44. The standard InChI is InChI=1S/C29H39N3O/c1-4-5-6-8-23(2)28(9-7-22-33)29(24-10-14-26(30)15-11-24)25-12-16-27(17-13-25)32-20-18-31(3)19-21-32/h5-6,8,10-17,33H,4,7,9,18-22,30H2,1-3H3/b6-5-,23-8+,29-28-. The SMILES string of the molecule is CC\C=C/C=C(C)/C(CCCO)=C(/c1ccc(N)cc1)c1ccc(N2CCN(C)CC2)cc1. The molecule has 3 rings (SSSR count). The molecule has 1 saturated heterocycles. The van der Waals surface area contributed by atoms with Crippen molar-refractivity contribution in [2.45, 2.75) is 33.1 Å². The van der Waals surface area contributed by atoms with Crippen molar-refractivity contribution < 1.29 is 5.11 Å². The van der Waals surface area contributed by atoms with Crippen molar-refractivity contribution in [2.75, 3.05) is 50.5 Å². The summed E-state index contributed by atoms with van der Waals surface area (Å²) >= 11 is 0. The van der Waals surface area contributed by atoms with Gasteiger partial charge in [-0.25, -0.2) is 0 Å². The molecule has 0 bridgehead atoms. The van der Waals surface area contributed by atoms with Crippen LogP contribution >= 0.6 is 0 Å². The number of benzene rings is 2. The Balaban J connectivity index is 2.06. The molecule has 1 fully saturated rings. The number of nitrogens with zero attached hydrogens (tertiary/aromatic N) is 2. The topological polar surface area (TPSA) is 52.7 Å². The van der Waals surface area contributed by atoms with Gasteiger partial charge in [-0.15, -0.1) is 0 Å². The first-order valence-corrected chi connectivity index (χ1v) is 12.1. The zero-order valence-corrected chi connectivity index (χ0v) is 20.4. The Morgan fingerprint density at radius 2 is 1.58 bits per heavy atom. The van der Waals surface area contributed by atoms with Crippen LogP contribution < -0.4 is 10.6 Å². The fourth-order valence-electron chi connectivity index (χ4n) is 4.29. The van der Waals surface area contributed by atoms with Gasteiger partial charge >= 0.3 is 0 Å². The molecule has 0 atom stereocenters. The van der Waals surface area contributed by atoms with Gasteiger partial charge in [0.05, 0.1) is 0 Å². The molecular weight excluding hydrogens is 406 g/mol. The maximum Gasteiger partial charge on any atom is 0.0434 e. The van der Waals surface area contributed by atoms with Crippen LogP contribution in [0.15, 0.2) is 77.9 Å². The smallest absolute Gasteiger partial charge is 0.0434 e. The van der Waals surface area contributed by atoms with E-state index in [1.165, 1.54) is 28.0 Å². The number of aliphatic hydroxyl groups is 1. The maximum atomic E-state index is 9.59. The summed E-state index contributed by atoms with van der Waals surface area (Å²) in [7, 11) is 2.18. The summed E-state index contributed by atoms with van der Waals surface area (Å²) < 4.78 is 0. The number of likely N-dealkylation sites (N-methyl/N-ethyl adjacent to an activating group) is 1. The van der Waals surface area contributed by atoms with Crippen molar-refractivity contribution in [2.24, 2.45) is 0 Å². The first-order valence-electron chi connectivity index (χ1n) is 12.1. The van der Waals surface area contributed by atoms with Crippen molar-refractivity contribution in [1.82, 2.24) is 4.90 Å². The normalized spacial score (nSPS) is 16.4. The summed E-state index contributed by atoms with van der Waals surface area (Å²) in [5.74, 6) is 0. The number of anilines is 2. The molecule has 4 nitrogen and oxygen atoms in total. The van der Waals surface area contributed by atoms with E-state index in [1.807, 2.05) is 12.1 Å². The quantitative estimate of drug-likeness (QED) is 0.395. The predicted molar refractivity (Wildman–Crippen MR) is 143 cm³/mol. The van der Waals surface area contributed by atoms with E-state index in [0.717, 1.165) is 56.7 Å². The van der Waals surface area contributed by atoms with Gasteiger partial charge in [-0.05, 0) is 85.3 Å². The molecule has 176 valence electrons. The molecule has 0 aliphatic carbocycles. The lowest BCUT2D eigenvalue weighted by molar-refractivity contribution is 0.289. The van der Waals surface area contributed by atoms with Crippen molar-refractivity contribution in [1.29, 1.82) is 0 Å². The van der Waals surface area contributed by atoms with Crippen LogP contribution in [0.1, 0.15) is 44.2 Å². The number of piperazine rings is 1. The summed E-state index contributed by atoms with van der Waals surface area (Å²) in [6.45, 7) is 8.80. The molecule has 0 amide bonds. The minimum atomic E-state index is 0.180. The van der Waals surface area contributed by atoms with E-state index < -0.39 is 0 Å². The summed E-state index contributed by atoms with van der Waals surface area (Å²) in [6.07, 6.45) is 9.05. The van der Waals surface area contributed by atoms with Gasteiger partial charge in [-0.1, -0.05) is 49.4 Å². The second-order valence-electron chi connectivity index (χ2n) is 8.83. The van der Waals surface area contributed by atoms with Gasteiger partial charge < -0.3 is 20.6 Å². The second kappa shape index (κ2) is 12.4. The zero-order chi connectivity index (χ0) is 23.6. The minimum absolute atomic E-state index is 0.180. The van der Waals surface area contributed by atoms with Crippen LogP contribution in [-0.2, 0) is 0 Å². The molecule has 0 spiro atoms. The Bertz CT molecular complexity index is 963. The molecular formula is C29H39N3O. The Morgan fingerprint density at radius 1 is 0.970 bits per heavy atom. The van der Waals surface area contributed by atoms with Crippen LogP contribution in [0.2, 0.25) is 0 Å². The summed E-state index contributed by atoms with van der Waals surface area (Å²) in [4.78, 5) is 4.84. The van der Waals surface area contributed by atoms with Gasteiger partial charge in [0, 0.05) is 44.2 Å². The molecule has 4 heteroatoms. The molecule has 2 aromatic rings. The highest BCUT2D eigenvalue weighted by Crippen LogP contribution is 2.34. The molecule has 0 aromatic heterocycles. The average molecular weight is 446 g/mol. The van der Waals surface area contributed by atoms with Crippen LogP contribution in [-0.4, -0.2) is 49.8 Å². The number of allylic oxidation sites excluding steroid dienone is 5. The summed E-state index contributed by atoms with van der Waals surface area (Å²) in [5, 5.41) is 9.59. The first kappa shape index (κ1) is 24.8. The molecule has 2 aromatic carbocycles. The van der Waals surface area contributed by atoms with E-state index in [1.54, 1.807) is 0 Å². The number of nitrogen functional groups attached to an aromatic ring is 1. The number of hydrogen-bond donors (Lipinski definition) is 2. The lowest BCUT2D eigenvalue weighted by Gasteiger charge is -2.34. The van der Waals surface area contributed by atoms with E-state index in [9.17, 15) is 5.11 Å². The maximum absolute atomic E-state index is 9.59. The Morgan fingerprint density at radius 3 is 2.15 bits per heavy atom. The van der Waals surface area contributed by atoms with Crippen LogP contribution in [0.25, 0.3) is 5.57 Å². The van der Waals surface area contributed by atoms with Crippen molar-refractivity contribution in [3.05, 3.63) is 89.0 Å². The van der Waals surface area contributed by atoms with Crippen molar-refractivity contribution in [3.8, 4) is 0 Å². The van der Waals surface area contributed by atoms with Crippen molar-refractivity contribution in [3.63, 3.8) is 0 Å². The van der Waals surface area contributed by atoms with Gasteiger partial charge in [0.1, 0.15) is 0 Å². The lowest BCUT2D eigenvalue weighted by atomic mass is 9.87. The van der Waals surface area contributed by atoms with E-state index in [2.05, 4.69) is 85.3 Å². The Labute approximate surface area is 199 Å².